The second kappa shape index (κ2) is 6.18. The molecule has 0 spiro atoms. The number of ether oxygens (including phenoxy) is 1. The minimum atomic E-state index is -0.461. The van der Waals surface area contributed by atoms with Gasteiger partial charge in [0.25, 0.3) is 5.56 Å². The maximum absolute atomic E-state index is 12.2. The van der Waals surface area contributed by atoms with E-state index in [0.29, 0.717) is 23.9 Å². The van der Waals surface area contributed by atoms with E-state index in [1.54, 1.807) is 31.2 Å². The molecule has 2 aromatic rings. The average Bonchev–Trinajstić information content (AvgIpc) is 2.43. The molecule has 1 aromatic heterocycles. The van der Waals surface area contributed by atoms with E-state index in [0.717, 1.165) is 4.57 Å². The number of aromatic amines is 1. The highest BCUT2D eigenvalue weighted by Gasteiger charge is 2.08. The third-order valence-corrected chi connectivity index (χ3v) is 2.96. The number of para-hydroxylation sites is 1. The van der Waals surface area contributed by atoms with Crippen LogP contribution in [-0.4, -0.2) is 22.1 Å². The summed E-state index contributed by atoms with van der Waals surface area (Å²) in [5, 5.41) is 0.461. The van der Waals surface area contributed by atoms with Crippen LogP contribution in [0.25, 0.3) is 10.9 Å². The Morgan fingerprint density at radius 2 is 2.05 bits per heavy atom. The maximum Gasteiger partial charge on any atom is 0.328 e. The summed E-state index contributed by atoms with van der Waals surface area (Å²) in [5.74, 6) is -0.322. The minimum Gasteiger partial charge on any atom is -0.466 e. The Morgan fingerprint density at radius 1 is 1.30 bits per heavy atom. The summed E-state index contributed by atoms with van der Waals surface area (Å²) in [5.41, 5.74) is -0.282. The first-order chi connectivity index (χ1) is 9.63. The smallest absolute Gasteiger partial charge is 0.328 e. The molecule has 0 amide bonds. The van der Waals surface area contributed by atoms with Gasteiger partial charge in [-0.05, 0) is 25.5 Å². The van der Waals surface area contributed by atoms with Gasteiger partial charge in [-0.1, -0.05) is 12.1 Å². The molecule has 1 N–H and O–H groups in total. The molecule has 0 fully saturated rings. The highest BCUT2D eigenvalue weighted by atomic mass is 16.5. The van der Waals surface area contributed by atoms with E-state index in [9.17, 15) is 14.4 Å². The fourth-order valence-corrected chi connectivity index (χ4v) is 2.02. The highest BCUT2D eigenvalue weighted by Crippen LogP contribution is 2.03. The summed E-state index contributed by atoms with van der Waals surface area (Å²) in [6.45, 7) is 2.25. The Kier molecular flexibility index (Phi) is 4.34. The van der Waals surface area contributed by atoms with E-state index < -0.39 is 5.69 Å². The number of benzene rings is 1. The number of carbonyl (C=O) groups is 1. The largest absolute Gasteiger partial charge is 0.466 e. The van der Waals surface area contributed by atoms with Crippen molar-refractivity contribution in [3.8, 4) is 0 Å². The summed E-state index contributed by atoms with van der Waals surface area (Å²) in [6, 6.07) is 6.84. The number of fused-ring (bicyclic) bond motifs is 1. The van der Waals surface area contributed by atoms with Crippen molar-refractivity contribution in [3.05, 3.63) is 45.1 Å². The van der Waals surface area contributed by atoms with E-state index in [4.69, 9.17) is 4.74 Å². The molecule has 0 aliphatic carbocycles. The van der Waals surface area contributed by atoms with E-state index in [2.05, 4.69) is 4.98 Å². The van der Waals surface area contributed by atoms with Gasteiger partial charge in [-0.2, -0.15) is 0 Å². The summed E-state index contributed by atoms with van der Waals surface area (Å²) >= 11 is 0. The number of hydrogen-bond donors (Lipinski definition) is 1. The summed E-state index contributed by atoms with van der Waals surface area (Å²) in [6.07, 6.45) is 0.576. The van der Waals surface area contributed by atoms with Crippen LogP contribution in [0.15, 0.2) is 33.9 Å². The molecule has 0 saturated carbocycles. The van der Waals surface area contributed by atoms with E-state index in [1.165, 1.54) is 0 Å². The summed E-state index contributed by atoms with van der Waals surface area (Å²) in [7, 11) is 0. The zero-order chi connectivity index (χ0) is 14.5. The number of carbonyl (C=O) groups excluding carboxylic acids is 1. The SMILES string of the molecule is CCOC(=O)CCCn1c(=O)[nH]c2ccccc2c1=O. The van der Waals surface area contributed by atoms with Crippen molar-refractivity contribution in [2.75, 3.05) is 6.61 Å². The van der Waals surface area contributed by atoms with Crippen molar-refractivity contribution < 1.29 is 9.53 Å². The molecule has 6 heteroatoms. The first kappa shape index (κ1) is 14.0. The highest BCUT2D eigenvalue weighted by molar-refractivity contribution is 5.76. The van der Waals surface area contributed by atoms with Crippen LogP contribution in [0.3, 0.4) is 0 Å². The fraction of sp³-hybridized carbons (Fsp3) is 0.357. The van der Waals surface area contributed by atoms with E-state index in [-0.39, 0.29) is 24.5 Å². The van der Waals surface area contributed by atoms with Crippen LogP contribution in [0.4, 0.5) is 0 Å². The molecule has 0 atom stereocenters. The number of rotatable bonds is 5. The second-order valence-corrected chi connectivity index (χ2v) is 4.34. The molecule has 0 bridgehead atoms. The zero-order valence-corrected chi connectivity index (χ0v) is 11.2. The lowest BCUT2D eigenvalue weighted by atomic mass is 10.2. The molecular weight excluding hydrogens is 260 g/mol. The van der Waals surface area contributed by atoms with Gasteiger partial charge in [-0.15, -0.1) is 0 Å². The van der Waals surface area contributed by atoms with E-state index >= 15 is 0 Å². The molecule has 0 aliphatic rings. The average molecular weight is 276 g/mol. The lowest BCUT2D eigenvalue weighted by Gasteiger charge is -2.06. The van der Waals surface area contributed by atoms with Crippen LogP contribution >= 0.6 is 0 Å². The first-order valence-corrected chi connectivity index (χ1v) is 6.51. The molecule has 2 rings (SSSR count). The number of aromatic nitrogens is 2. The van der Waals surface area contributed by atoms with Gasteiger partial charge in [0, 0.05) is 13.0 Å². The minimum absolute atomic E-state index is 0.187. The van der Waals surface area contributed by atoms with Gasteiger partial charge in [0.05, 0.1) is 17.5 Å². The number of nitrogens with one attached hydrogen (secondary N) is 1. The van der Waals surface area contributed by atoms with Crippen LogP contribution in [0, 0.1) is 0 Å². The standard InChI is InChI=1S/C14H16N2O4/c1-2-20-12(17)8-5-9-16-13(18)10-6-3-4-7-11(10)15-14(16)19/h3-4,6-7H,2,5,8-9H2,1H3,(H,15,19). The van der Waals surface area contributed by atoms with E-state index in [1.807, 2.05) is 0 Å². The number of H-pyrrole nitrogens is 1. The fourth-order valence-electron chi connectivity index (χ4n) is 2.02. The van der Waals surface area contributed by atoms with Crippen molar-refractivity contribution in [3.63, 3.8) is 0 Å². The maximum atomic E-state index is 12.2. The topological polar surface area (TPSA) is 81.2 Å². The Morgan fingerprint density at radius 3 is 2.80 bits per heavy atom. The normalized spacial score (nSPS) is 10.7. The first-order valence-electron chi connectivity index (χ1n) is 6.51. The monoisotopic (exact) mass is 276 g/mol. The molecular formula is C14H16N2O4. The van der Waals surface area contributed by atoms with Gasteiger partial charge < -0.3 is 9.72 Å². The summed E-state index contributed by atoms with van der Waals surface area (Å²) in [4.78, 5) is 37.9. The van der Waals surface area contributed by atoms with Crippen molar-refractivity contribution >= 4 is 16.9 Å². The van der Waals surface area contributed by atoms with Crippen LogP contribution < -0.4 is 11.2 Å². The van der Waals surface area contributed by atoms with Crippen LogP contribution in [-0.2, 0) is 16.1 Å². The third kappa shape index (κ3) is 2.96. The number of nitrogens with zero attached hydrogens (tertiary/aromatic N) is 1. The molecule has 0 aliphatic heterocycles. The quantitative estimate of drug-likeness (QED) is 0.827. The summed E-state index contributed by atoms with van der Waals surface area (Å²) < 4.78 is 5.91. The molecule has 6 nitrogen and oxygen atoms in total. The zero-order valence-electron chi connectivity index (χ0n) is 11.2. The molecule has 0 saturated heterocycles. The molecule has 1 aromatic carbocycles. The van der Waals surface area contributed by atoms with Gasteiger partial charge in [0.2, 0.25) is 0 Å². The molecule has 106 valence electrons. The Balaban J connectivity index is 2.20. The predicted octanol–water partition coefficient (Wildman–Crippen LogP) is 1.03. The molecule has 0 unspecified atom stereocenters. The van der Waals surface area contributed by atoms with Crippen LogP contribution in [0.1, 0.15) is 19.8 Å². The Labute approximate surface area is 115 Å². The predicted molar refractivity (Wildman–Crippen MR) is 74.7 cm³/mol. The van der Waals surface area contributed by atoms with Crippen molar-refractivity contribution in [2.24, 2.45) is 0 Å². The van der Waals surface area contributed by atoms with Crippen molar-refractivity contribution in [1.29, 1.82) is 0 Å². The lowest BCUT2D eigenvalue weighted by molar-refractivity contribution is -0.143. The molecule has 20 heavy (non-hydrogen) atoms. The van der Waals surface area contributed by atoms with Crippen LogP contribution in [0.5, 0.6) is 0 Å². The lowest BCUT2D eigenvalue weighted by Crippen LogP contribution is -2.35. The van der Waals surface area contributed by atoms with Crippen LogP contribution in [0.2, 0.25) is 0 Å². The Bertz CT molecular complexity index is 730. The van der Waals surface area contributed by atoms with Gasteiger partial charge in [0.1, 0.15) is 0 Å². The number of esters is 1. The molecule has 0 radical (unpaired) electrons. The Hall–Kier alpha value is -2.37. The third-order valence-electron chi connectivity index (χ3n) is 2.96. The van der Waals surface area contributed by atoms with Gasteiger partial charge in [-0.3, -0.25) is 14.2 Å². The number of hydrogen-bond acceptors (Lipinski definition) is 4. The van der Waals surface area contributed by atoms with Crippen molar-refractivity contribution in [2.45, 2.75) is 26.3 Å². The van der Waals surface area contributed by atoms with Gasteiger partial charge in [0.15, 0.2) is 0 Å². The van der Waals surface area contributed by atoms with Crippen molar-refractivity contribution in [1.82, 2.24) is 9.55 Å². The van der Waals surface area contributed by atoms with Gasteiger partial charge in [-0.25, -0.2) is 4.79 Å². The second-order valence-electron chi connectivity index (χ2n) is 4.34. The molecule has 1 heterocycles. The van der Waals surface area contributed by atoms with Gasteiger partial charge >= 0.3 is 11.7 Å².